The van der Waals surface area contributed by atoms with Crippen LogP contribution in [-0.2, 0) is 0 Å². The van der Waals surface area contributed by atoms with Crippen LogP contribution in [0.15, 0.2) is 30.9 Å². The summed E-state index contributed by atoms with van der Waals surface area (Å²) in [4.78, 5) is 0. The van der Waals surface area contributed by atoms with Gasteiger partial charge in [-0.25, -0.2) is 4.39 Å². The summed E-state index contributed by atoms with van der Waals surface area (Å²) in [6.45, 7) is 3.38. The van der Waals surface area contributed by atoms with Crippen LogP contribution in [0.4, 0.5) is 4.39 Å². The highest BCUT2D eigenvalue weighted by Crippen LogP contribution is 2.24. The summed E-state index contributed by atoms with van der Waals surface area (Å²) in [7, 11) is 0. The molecule has 1 nitrogen and oxygen atoms in total. The van der Waals surface area contributed by atoms with Gasteiger partial charge in [-0.15, -0.1) is 6.58 Å². The van der Waals surface area contributed by atoms with Gasteiger partial charge in [-0.05, 0) is 18.2 Å². The normalized spacial score (nSPS) is 12.6. The minimum atomic E-state index is -0.909. The van der Waals surface area contributed by atoms with Crippen LogP contribution in [0, 0.1) is 5.82 Å². The Morgan fingerprint density at radius 1 is 1.58 bits per heavy atom. The maximum Gasteiger partial charge on any atom is 0.123 e. The first-order valence-electron chi connectivity index (χ1n) is 3.40. The number of aliphatic hydroxyl groups excluding tert-OH is 1. The number of rotatable bonds is 2. The van der Waals surface area contributed by atoms with Crippen molar-refractivity contribution in [2.24, 2.45) is 0 Å². The first-order chi connectivity index (χ1) is 5.65. The van der Waals surface area contributed by atoms with Gasteiger partial charge in [-0.2, -0.15) is 0 Å². The molecule has 0 fully saturated rings. The highest BCUT2D eigenvalue weighted by atomic mass is 35.5. The zero-order valence-corrected chi connectivity index (χ0v) is 7.05. The van der Waals surface area contributed by atoms with Crippen LogP contribution in [0.25, 0.3) is 0 Å². The second kappa shape index (κ2) is 3.70. The fourth-order valence-electron chi connectivity index (χ4n) is 0.868. The van der Waals surface area contributed by atoms with E-state index in [1.165, 1.54) is 24.3 Å². The van der Waals surface area contributed by atoms with Gasteiger partial charge in [0.25, 0.3) is 0 Å². The van der Waals surface area contributed by atoms with Crippen LogP contribution >= 0.6 is 11.6 Å². The van der Waals surface area contributed by atoms with Crippen molar-refractivity contribution < 1.29 is 9.50 Å². The largest absolute Gasteiger partial charge is 0.384 e. The Bertz CT molecular complexity index is 299. The summed E-state index contributed by atoms with van der Waals surface area (Å²) >= 11 is 5.70. The quantitative estimate of drug-likeness (QED) is 0.705. The molecule has 0 aliphatic carbocycles. The van der Waals surface area contributed by atoms with Crippen LogP contribution in [0.3, 0.4) is 0 Å². The smallest absolute Gasteiger partial charge is 0.123 e. The van der Waals surface area contributed by atoms with Crippen LogP contribution in [-0.4, -0.2) is 5.11 Å². The number of hydrogen-bond acceptors (Lipinski definition) is 1. The topological polar surface area (TPSA) is 20.2 Å². The molecule has 0 aliphatic heterocycles. The lowest BCUT2D eigenvalue weighted by Gasteiger charge is -2.07. The lowest BCUT2D eigenvalue weighted by atomic mass is 10.1. The lowest BCUT2D eigenvalue weighted by Crippen LogP contribution is -1.94. The molecule has 1 aromatic rings. The standard InChI is InChI=1S/C9H8ClFO/c1-2-9(12)7-5-6(11)3-4-8(7)10/h2-5,9,12H,1H2. The van der Waals surface area contributed by atoms with Crippen molar-refractivity contribution in [1.82, 2.24) is 0 Å². The van der Waals surface area contributed by atoms with Gasteiger partial charge in [0.05, 0.1) is 6.10 Å². The third-order valence-electron chi connectivity index (χ3n) is 1.50. The molecule has 1 unspecified atom stereocenters. The van der Waals surface area contributed by atoms with Crippen LogP contribution in [0.2, 0.25) is 5.02 Å². The minimum absolute atomic E-state index is 0.337. The zero-order chi connectivity index (χ0) is 9.14. The number of halogens is 2. The predicted octanol–water partition coefficient (Wildman–Crippen LogP) is 2.70. The van der Waals surface area contributed by atoms with Crippen molar-refractivity contribution in [2.75, 3.05) is 0 Å². The molecular formula is C9H8ClFO. The molecule has 0 amide bonds. The Morgan fingerprint density at radius 3 is 2.83 bits per heavy atom. The molecule has 0 bridgehead atoms. The van der Waals surface area contributed by atoms with E-state index in [-0.39, 0.29) is 0 Å². The van der Waals surface area contributed by atoms with Gasteiger partial charge < -0.3 is 5.11 Å². The van der Waals surface area contributed by atoms with E-state index < -0.39 is 11.9 Å². The molecule has 0 aromatic heterocycles. The van der Waals surface area contributed by atoms with Gasteiger partial charge in [0.15, 0.2) is 0 Å². The van der Waals surface area contributed by atoms with E-state index in [0.717, 1.165) is 0 Å². The Morgan fingerprint density at radius 2 is 2.25 bits per heavy atom. The van der Waals surface area contributed by atoms with E-state index in [1.54, 1.807) is 0 Å². The summed E-state index contributed by atoms with van der Waals surface area (Å²) in [6.07, 6.45) is 0.383. The van der Waals surface area contributed by atoms with Gasteiger partial charge in [0.2, 0.25) is 0 Å². The van der Waals surface area contributed by atoms with Gasteiger partial charge >= 0.3 is 0 Å². The monoisotopic (exact) mass is 186 g/mol. The molecule has 0 spiro atoms. The predicted molar refractivity (Wildman–Crippen MR) is 46.6 cm³/mol. The molecule has 0 radical (unpaired) electrons. The SMILES string of the molecule is C=CC(O)c1cc(F)ccc1Cl. The zero-order valence-electron chi connectivity index (χ0n) is 6.30. The molecule has 0 aliphatic rings. The van der Waals surface area contributed by atoms with E-state index in [4.69, 9.17) is 11.6 Å². The van der Waals surface area contributed by atoms with Crippen molar-refractivity contribution in [1.29, 1.82) is 0 Å². The Hall–Kier alpha value is -0.860. The maximum absolute atomic E-state index is 12.6. The maximum atomic E-state index is 12.6. The van der Waals surface area contributed by atoms with Crippen molar-refractivity contribution in [2.45, 2.75) is 6.10 Å². The van der Waals surface area contributed by atoms with Gasteiger partial charge in [-0.1, -0.05) is 17.7 Å². The fourth-order valence-corrected chi connectivity index (χ4v) is 1.10. The summed E-state index contributed by atoms with van der Waals surface area (Å²) in [5.41, 5.74) is 0.340. The summed E-state index contributed by atoms with van der Waals surface area (Å²) < 4.78 is 12.6. The molecule has 0 saturated heterocycles. The highest BCUT2D eigenvalue weighted by Gasteiger charge is 2.08. The van der Waals surface area contributed by atoms with Crippen LogP contribution < -0.4 is 0 Å². The van der Waals surface area contributed by atoms with E-state index in [9.17, 15) is 9.50 Å². The van der Waals surface area contributed by atoms with E-state index in [2.05, 4.69) is 6.58 Å². The van der Waals surface area contributed by atoms with E-state index in [0.29, 0.717) is 10.6 Å². The molecule has 1 rings (SSSR count). The van der Waals surface area contributed by atoms with E-state index in [1.807, 2.05) is 0 Å². The van der Waals surface area contributed by atoms with Crippen molar-refractivity contribution in [3.05, 3.63) is 47.3 Å². The lowest BCUT2D eigenvalue weighted by molar-refractivity contribution is 0.228. The average Bonchev–Trinajstić information content (AvgIpc) is 2.08. The first-order valence-corrected chi connectivity index (χ1v) is 3.78. The molecule has 1 N–H and O–H groups in total. The summed E-state index contributed by atoms with van der Waals surface area (Å²) in [5, 5.41) is 9.60. The van der Waals surface area contributed by atoms with Crippen molar-refractivity contribution in [3.8, 4) is 0 Å². The molecule has 3 heteroatoms. The number of benzene rings is 1. The van der Waals surface area contributed by atoms with Gasteiger partial charge in [0.1, 0.15) is 5.82 Å². The van der Waals surface area contributed by atoms with E-state index >= 15 is 0 Å². The summed E-state index contributed by atoms with van der Waals surface area (Å²) in [5.74, 6) is -0.421. The number of aliphatic hydroxyl groups is 1. The third-order valence-corrected chi connectivity index (χ3v) is 1.84. The first kappa shape index (κ1) is 9.23. The van der Waals surface area contributed by atoms with Crippen molar-refractivity contribution in [3.63, 3.8) is 0 Å². The Labute approximate surface area is 75.1 Å². The molecule has 1 atom stereocenters. The minimum Gasteiger partial charge on any atom is -0.384 e. The molecule has 64 valence electrons. The molecular weight excluding hydrogens is 179 g/mol. The van der Waals surface area contributed by atoms with Gasteiger partial charge in [-0.3, -0.25) is 0 Å². The molecule has 12 heavy (non-hydrogen) atoms. The Kier molecular flexibility index (Phi) is 2.84. The second-order valence-corrected chi connectivity index (χ2v) is 2.75. The van der Waals surface area contributed by atoms with Crippen LogP contribution in [0.5, 0.6) is 0 Å². The third kappa shape index (κ3) is 1.84. The molecule has 0 saturated carbocycles. The average molecular weight is 187 g/mol. The highest BCUT2D eigenvalue weighted by molar-refractivity contribution is 6.31. The summed E-state index contributed by atoms with van der Waals surface area (Å²) in [6, 6.07) is 3.83. The molecule has 0 heterocycles. The van der Waals surface area contributed by atoms with Crippen LogP contribution in [0.1, 0.15) is 11.7 Å². The van der Waals surface area contributed by atoms with Crippen molar-refractivity contribution >= 4 is 11.6 Å². The Balaban J connectivity index is 3.12. The fraction of sp³-hybridized carbons (Fsp3) is 0.111. The molecule has 1 aromatic carbocycles. The van der Waals surface area contributed by atoms with Gasteiger partial charge in [0, 0.05) is 10.6 Å². The number of hydrogen-bond donors (Lipinski definition) is 1. The second-order valence-electron chi connectivity index (χ2n) is 2.35.